The molecule has 1 atom stereocenters. The fourth-order valence-corrected chi connectivity index (χ4v) is 2.33. The lowest BCUT2D eigenvalue weighted by Crippen LogP contribution is -2.44. The molecular weight excluding hydrogens is 443 g/mol. The zero-order valence-corrected chi connectivity index (χ0v) is 17.7. The van der Waals surface area contributed by atoms with Crippen molar-refractivity contribution >= 4 is 29.9 Å². The van der Waals surface area contributed by atoms with Gasteiger partial charge in [0.15, 0.2) is 5.96 Å². The molecule has 7 heteroatoms. The average Bonchev–Trinajstić information content (AvgIpc) is 2.65. The highest BCUT2D eigenvalue weighted by molar-refractivity contribution is 14.0. The van der Waals surface area contributed by atoms with Crippen molar-refractivity contribution in [3.05, 3.63) is 59.8 Å². The molecule has 0 aliphatic carbocycles. The van der Waals surface area contributed by atoms with Gasteiger partial charge in [-0.05, 0) is 31.0 Å². The molecule has 1 aromatic carbocycles. The average molecular weight is 470 g/mol. The van der Waals surface area contributed by atoms with E-state index in [1.54, 1.807) is 20.2 Å². The maximum absolute atomic E-state index is 10.7. The van der Waals surface area contributed by atoms with Crippen molar-refractivity contribution in [2.24, 2.45) is 4.99 Å². The van der Waals surface area contributed by atoms with Crippen molar-refractivity contribution in [3.63, 3.8) is 0 Å². The minimum atomic E-state index is -0.989. The second kappa shape index (κ2) is 11.0. The molecule has 0 bridgehead atoms. The second-order valence-electron chi connectivity index (χ2n) is 5.90. The van der Waals surface area contributed by atoms with Crippen molar-refractivity contribution in [1.29, 1.82) is 0 Å². The van der Waals surface area contributed by atoms with Gasteiger partial charge in [0.2, 0.25) is 5.88 Å². The van der Waals surface area contributed by atoms with Crippen molar-refractivity contribution in [2.75, 3.05) is 20.2 Å². The molecule has 3 N–H and O–H groups in total. The van der Waals surface area contributed by atoms with Crippen LogP contribution in [0.2, 0.25) is 0 Å². The van der Waals surface area contributed by atoms with E-state index in [1.165, 1.54) is 0 Å². The molecule has 1 unspecified atom stereocenters. The number of nitrogens with zero attached hydrogens (tertiary/aromatic N) is 2. The second-order valence-corrected chi connectivity index (χ2v) is 5.90. The summed E-state index contributed by atoms with van der Waals surface area (Å²) in [5, 5.41) is 17.1. The molecule has 26 heavy (non-hydrogen) atoms. The van der Waals surface area contributed by atoms with Crippen LogP contribution in [0.3, 0.4) is 0 Å². The van der Waals surface area contributed by atoms with Crippen LogP contribution in [0.5, 0.6) is 5.88 Å². The number of hydrogen-bond acceptors (Lipinski definition) is 4. The summed E-state index contributed by atoms with van der Waals surface area (Å²) in [6.07, 6.45) is 1.70. The predicted octanol–water partition coefficient (Wildman–Crippen LogP) is 2.67. The maximum Gasteiger partial charge on any atom is 0.213 e. The lowest BCUT2D eigenvalue weighted by Gasteiger charge is -2.25. The summed E-state index contributed by atoms with van der Waals surface area (Å²) in [6.45, 7) is 5.36. The van der Waals surface area contributed by atoms with Gasteiger partial charge in [-0.3, -0.25) is 0 Å². The van der Waals surface area contributed by atoms with E-state index in [2.05, 4.69) is 20.6 Å². The first-order valence-electron chi connectivity index (χ1n) is 8.34. The van der Waals surface area contributed by atoms with Crippen LogP contribution >= 0.6 is 24.0 Å². The van der Waals surface area contributed by atoms with E-state index >= 15 is 0 Å². The Bertz CT molecular complexity index is 693. The quantitative estimate of drug-likeness (QED) is 0.330. The molecular formula is C19H27IN4O2. The Morgan fingerprint density at radius 1 is 1.23 bits per heavy atom. The van der Waals surface area contributed by atoms with Gasteiger partial charge in [0.1, 0.15) is 5.60 Å². The van der Waals surface area contributed by atoms with Crippen LogP contribution in [0.25, 0.3) is 0 Å². The summed E-state index contributed by atoms with van der Waals surface area (Å²) in [7, 11) is 1.59. The summed E-state index contributed by atoms with van der Waals surface area (Å²) in [4.78, 5) is 8.64. The van der Waals surface area contributed by atoms with Crippen LogP contribution in [0.4, 0.5) is 0 Å². The van der Waals surface area contributed by atoms with Gasteiger partial charge in [0, 0.05) is 18.8 Å². The number of nitrogens with one attached hydrogen (secondary N) is 2. The molecule has 0 fully saturated rings. The highest BCUT2D eigenvalue weighted by Gasteiger charge is 2.22. The first kappa shape index (κ1) is 22.2. The summed E-state index contributed by atoms with van der Waals surface area (Å²) in [6, 6.07) is 13.3. The molecule has 142 valence electrons. The van der Waals surface area contributed by atoms with Crippen LogP contribution in [0.1, 0.15) is 25.0 Å². The Balaban J connectivity index is 0.00000338. The summed E-state index contributed by atoms with van der Waals surface area (Å²) in [5.41, 5.74) is 0.869. The van der Waals surface area contributed by atoms with E-state index < -0.39 is 5.60 Å². The zero-order chi connectivity index (χ0) is 18.1. The number of rotatable bonds is 7. The molecule has 1 heterocycles. The molecule has 0 radical (unpaired) electrons. The molecule has 0 spiro atoms. The van der Waals surface area contributed by atoms with E-state index in [1.807, 2.05) is 49.4 Å². The standard InChI is InChI=1S/C19H26N4O2.HI/c1-4-20-18(22-13-15-10-11-21-17(12-15)25-3)23-14-19(2,24)16-8-6-5-7-9-16;/h5-12,24H,4,13-14H2,1-3H3,(H2,20,22,23);1H. The fraction of sp³-hybridized carbons (Fsp3) is 0.368. The number of pyridine rings is 1. The van der Waals surface area contributed by atoms with E-state index in [4.69, 9.17) is 4.74 Å². The van der Waals surface area contributed by atoms with E-state index in [0.717, 1.165) is 17.7 Å². The molecule has 2 rings (SSSR count). The molecule has 0 aliphatic heterocycles. The van der Waals surface area contributed by atoms with Gasteiger partial charge in [0.05, 0.1) is 20.2 Å². The van der Waals surface area contributed by atoms with Crippen molar-refractivity contribution < 1.29 is 9.84 Å². The number of aliphatic hydroxyl groups is 1. The topological polar surface area (TPSA) is 78.8 Å². The highest BCUT2D eigenvalue weighted by Crippen LogP contribution is 2.18. The number of aromatic nitrogens is 1. The van der Waals surface area contributed by atoms with E-state index in [-0.39, 0.29) is 24.0 Å². The SMILES string of the molecule is CCNC(=NCc1ccnc(OC)c1)NCC(C)(O)c1ccccc1.I. The Kier molecular flexibility index (Phi) is 9.36. The Morgan fingerprint density at radius 2 is 1.96 bits per heavy atom. The Labute approximate surface area is 172 Å². The summed E-state index contributed by atoms with van der Waals surface area (Å²) < 4.78 is 5.13. The van der Waals surface area contributed by atoms with Gasteiger partial charge < -0.3 is 20.5 Å². The van der Waals surface area contributed by atoms with Crippen molar-refractivity contribution in [3.8, 4) is 5.88 Å². The number of halogens is 1. The predicted molar refractivity (Wildman–Crippen MR) is 115 cm³/mol. The third-order valence-corrected chi connectivity index (χ3v) is 3.77. The highest BCUT2D eigenvalue weighted by atomic mass is 127. The van der Waals surface area contributed by atoms with Crippen molar-refractivity contribution in [1.82, 2.24) is 15.6 Å². The van der Waals surface area contributed by atoms with Gasteiger partial charge in [0.25, 0.3) is 0 Å². The molecule has 0 saturated heterocycles. The summed E-state index contributed by atoms with van der Waals surface area (Å²) >= 11 is 0. The number of ether oxygens (including phenoxy) is 1. The van der Waals surface area contributed by atoms with Gasteiger partial charge in [-0.15, -0.1) is 24.0 Å². The van der Waals surface area contributed by atoms with Gasteiger partial charge >= 0.3 is 0 Å². The largest absolute Gasteiger partial charge is 0.481 e. The lowest BCUT2D eigenvalue weighted by atomic mass is 9.96. The van der Waals surface area contributed by atoms with Gasteiger partial charge in [-0.2, -0.15) is 0 Å². The molecule has 6 nitrogen and oxygen atoms in total. The molecule has 0 aliphatic rings. The monoisotopic (exact) mass is 470 g/mol. The number of guanidine groups is 1. The maximum atomic E-state index is 10.7. The lowest BCUT2D eigenvalue weighted by molar-refractivity contribution is 0.0617. The van der Waals surface area contributed by atoms with Crippen LogP contribution in [-0.4, -0.2) is 36.2 Å². The van der Waals surface area contributed by atoms with Gasteiger partial charge in [-0.1, -0.05) is 30.3 Å². The third-order valence-electron chi connectivity index (χ3n) is 3.77. The van der Waals surface area contributed by atoms with Gasteiger partial charge in [-0.25, -0.2) is 9.98 Å². The Morgan fingerprint density at radius 3 is 2.62 bits per heavy atom. The van der Waals surface area contributed by atoms with Crippen LogP contribution in [-0.2, 0) is 12.1 Å². The minimum absolute atomic E-state index is 0. The van der Waals surface area contributed by atoms with Crippen LogP contribution < -0.4 is 15.4 Å². The third kappa shape index (κ3) is 6.80. The number of benzene rings is 1. The zero-order valence-electron chi connectivity index (χ0n) is 15.4. The number of aliphatic imine (C=N–C) groups is 1. The first-order valence-corrected chi connectivity index (χ1v) is 8.34. The first-order chi connectivity index (χ1) is 12.0. The van der Waals surface area contributed by atoms with E-state index in [0.29, 0.717) is 24.9 Å². The Hall–Kier alpha value is -1.87. The smallest absolute Gasteiger partial charge is 0.213 e. The molecule has 0 amide bonds. The molecule has 2 aromatic rings. The fourth-order valence-electron chi connectivity index (χ4n) is 2.33. The van der Waals surface area contributed by atoms with E-state index in [9.17, 15) is 5.11 Å². The summed E-state index contributed by atoms with van der Waals surface area (Å²) in [5.74, 6) is 1.21. The number of methoxy groups -OCH3 is 1. The van der Waals surface area contributed by atoms with Crippen LogP contribution in [0.15, 0.2) is 53.7 Å². The van der Waals surface area contributed by atoms with Crippen molar-refractivity contribution in [2.45, 2.75) is 26.0 Å². The normalized spacial score (nSPS) is 13.3. The minimum Gasteiger partial charge on any atom is -0.481 e. The molecule has 0 saturated carbocycles. The van der Waals surface area contributed by atoms with Crippen LogP contribution in [0, 0.1) is 0 Å². The molecule has 1 aromatic heterocycles. The number of hydrogen-bond donors (Lipinski definition) is 3.